The molecule has 0 radical (unpaired) electrons. The van der Waals surface area contributed by atoms with E-state index in [1.807, 2.05) is 6.07 Å². The molecule has 5 nitrogen and oxygen atoms in total. The van der Waals surface area contributed by atoms with Crippen LogP contribution in [0.4, 0.5) is 10.6 Å². The zero-order valence-corrected chi connectivity index (χ0v) is 8.34. The molecule has 0 unspecified atom stereocenters. The van der Waals surface area contributed by atoms with Gasteiger partial charge in [-0.1, -0.05) is 18.2 Å². The summed E-state index contributed by atoms with van der Waals surface area (Å²) in [6, 6.07) is 7.07. The van der Waals surface area contributed by atoms with Crippen molar-refractivity contribution in [3.63, 3.8) is 0 Å². The summed E-state index contributed by atoms with van der Waals surface area (Å²) < 4.78 is 0. The van der Waals surface area contributed by atoms with E-state index in [2.05, 4.69) is 10.3 Å². The fraction of sp³-hybridized carbons (Fsp3) is 0.0909. The molecule has 0 saturated heterocycles. The summed E-state index contributed by atoms with van der Waals surface area (Å²) >= 11 is 0. The van der Waals surface area contributed by atoms with Crippen molar-refractivity contribution in [2.75, 3.05) is 5.32 Å². The maximum atomic E-state index is 10.4. The fourth-order valence-corrected chi connectivity index (χ4v) is 1.55. The highest BCUT2D eigenvalue weighted by Gasteiger charge is 2.03. The second-order valence-electron chi connectivity index (χ2n) is 3.30. The number of nitrogens with one attached hydrogen (secondary N) is 1. The molecule has 0 aliphatic carbocycles. The van der Waals surface area contributed by atoms with Crippen LogP contribution in [-0.2, 0) is 6.61 Å². The van der Waals surface area contributed by atoms with Gasteiger partial charge in [0.05, 0.1) is 6.61 Å². The molecule has 5 heteroatoms. The first-order valence-corrected chi connectivity index (χ1v) is 4.69. The van der Waals surface area contributed by atoms with Crippen LogP contribution in [-0.4, -0.2) is 21.3 Å². The maximum absolute atomic E-state index is 10.4. The Kier molecular flexibility index (Phi) is 2.70. The predicted octanol–water partition coefficient (Wildman–Crippen LogP) is 1.82. The van der Waals surface area contributed by atoms with Gasteiger partial charge in [-0.15, -0.1) is 0 Å². The number of aliphatic hydroxyl groups is 1. The number of hydrogen-bond acceptors (Lipinski definition) is 3. The molecule has 0 spiro atoms. The minimum atomic E-state index is -1.15. The number of carboxylic acid groups (broad SMARTS) is 1. The van der Waals surface area contributed by atoms with Crippen molar-refractivity contribution >= 4 is 22.7 Å². The standard InChI is InChI=1S/C11H10N2O3/c14-6-8-3-1-2-7-4-10(13-11(15)16)12-5-9(7)8/h1-5,14H,6H2,(H,12,13)(H,15,16). The lowest BCUT2D eigenvalue weighted by Crippen LogP contribution is -2.08. The Morgan fingerprint density at radius 1 is 1.44 bits per heavy atom. The molecular formula is C11H10N2O3. The predicted molar refractivity (Wildman–Crippen MR) is 59.3 cm³/mol. The van der Waals surface area contributed by atoms with Crippen molar-refractivity contribution in [2.24, 2.45) is 0 Å². The van der Waals surface area contributed by atoms with Gasteiger partial charge in [0.1, 0.15) is 5.82 Å². The third-order valence-corrected chi connectivity index (χ3v) is 2.26. The Morgan fingerprint density at radius 2 is 2.25 bits per heavy atom. The molecule has 0 saturated carbocycles. The summed E-state index contributed by atoms with van der Waals surface area (Å²) in [4.78, 5) is 14.4. The van der Waals surface area contributed by atoms with E-state index in [4.69, 9.17) is 10.2 Å². The number of benzene rings is 1. The summed E-state index contributed by atoms with van der Waals surface area (Å²) in [5.41, 5.74) is 0.770. The van der Waals surface area contributed by atoms with Gasteiger partial charge in [-0.2, -0.15) is 0 Å². The van der Waals surface area contributed by atoms with Gasteiger partial charge >= 0.3 is 6.09 Å². The van der Waals surface area contributed by atoms with Gasteiger partial charge in [0.2, 0.25) is 0 Å². The van der Waals surface area contributed by atoms with E-state index in [-0.39, 0.29) is 12.4 Å². The first kappa shape index (κ1) is 10.4. The van der Waals surface area contributed by atoms with E-state index < -0.39 is 6.09 Å². The highest BCUT2D eigenvalue weighted by molar-refractivity contribution is 5.90. The van der Waals surface area contributed by atoms with Crippen LogP contribution >= 0.6 is 0 Å². The Hall–Kier alpha value is -2.14. The summed E-state index contributed by atoms with van der Waals surface area (Å²) in [7, 11) is 0. The zero-order chi connectivity index (χ0) is 11.5. The van der Waals surface area contributed by atoms with E-state index in [0.29, 0.717) is 0 Å². The number of pyridine rings is 1. The molecule has 2 rings (SSSR count). The van der Waals surface area contributed by atoms with Crippen LogP contribution in [0.1, 0.15) is 5.56 Å². The minimum Gasteiger partial charge on any atom is -0.465 e. The summed E-state index contributed by atoms with van der Waals surface area (Å²) in [6.07, 6.45) is 0.400. The van der Waals surface area contributed by atoms with Gasteiger partial charge in [-0.25, -0.2) is 9.78 Å². The van der Waals surface area contributed by atoms with Crippen molar-refractivity contribution in [1.29, 1.82) is 0 Å². The molecule has 0 fully saturated rings. The number of amides is 1. The van der Waals surface area contributed by atoms with E-state index >= 15 is 0 Å². The van der Waals surface area contributed by atoms with Crippen LogP contribution in [0.25, 0.3) is 10.8 Å². The zero-order valence-electron chi connectivity index (χ0n) is 8.34. The van der Waals surface area contributed by atoms with Crippen LogP contribution in [0.5, 0.6) is 0 Å². The number of fused-ring (bicyclic) bond motifs is 1. The van der Waals surface area contributed by atoms with Crippen molar-refractivity contribution < 1.29 is 15.0 Å². The molecular weight excluding hydrogens is 208 g/mol. The minimum absolute atomic E-state index is 0.0648. The van der Waals surface area contributed by atoms with Gasteiger partial charge in [-0.05, 0) is 17.0 Å². The molecule has 0 aliphatic heterocycles. The monoisotopic (exact) mass is 218 g/mol. The van der Waals surface area contributed by atoms with Crippen LogP contribution < -0.4 is 5.32 Å². The Morgan fingerprint density at radius 3 is 2.94 bits per heavy atom. The molecule has 1 aromatic carbocycles. The lowest BCUT2D eigenvalue weighted by Gasteiger charge is -2.05. The van der Waals surface area contributed by atoms with Gasteiger partial charge in [0.15, 0.2) is 0 Å². The molecule has 0 atom stereocenters. The number of aromatic nitrogens is 1. The average Bonchev–Trinajstić information content (AvgIpc) is 2.27. The number of hydrogen-bond donors (Lipinski definition) is 3. The number of nitrogens with zero attached hydrogens (tertiary/aromatic N) is 1. The lowest BCUT2D eigenvalue weighted by molar-refractivity contribution is 0.209. The quantitative estimate of drug-likeness (QED) is 0.718. The molecule has 1 heterocycles. The number of carbonyl (C=O) groups is 1. The molecule has 0 aliphatic rings. The number of aliphatic hydroxyl groups excluding tert-OH is 1. The Bertz CT molecular complexity index is 540. The second kappa shape index (κ2) is 4.16. The van der Waals surface area contributed by atoms with Crippen molar-refractivity contribution in [2.45, 2.75) is 6.61 Å². The number of rotatable bonds is 2. The van der Waals surface area contributed by atoms with Gasteiger partial charge < -0.3 is 10.2 Å². The molecule has 16 heavy (non-hydrogen) atoms. The molecule has 3 N–H and O–H groups in total. The lowest BCUT2D eigenvalue weighted by atomic mass is 10.1. The van der Waals surface area contributed by atoms with Gasteiger partial charge in [-0.3, -0.25) is 5.32 Å². The third kappa shape index (κ3) is 1.94. The SMILES string of the molecule is O=C(O)Nc1cc2cccc(CO)c2cn1. The molecule has 1 amide bonds. The van der Waals surface area contributed by atoms with Crippen LogP contribution in [0, 0.1) is 0 Å². The van der Waals surface area contributed by atoms with E-state index in [9.17, 15) is 4.79 Å². The molecule has 82 valence electrons. The van der Waals surface area contributed by atoms with Crippen molar-refractivity contribution in [1.82, 2.24) is 4.98 Å². The molecule has 0 bridgehead atoms. The first-order chi connectivity index (χ1) is 7.70. The Labute approximate surface area is 91.4 Å². The normalized spacial score (nSPS) is 10.3. The summed E-state index contributed by atoms with van der Waals surface area (Å²) in [5.74, 6) is 0.273. The Balaban J connectivity index is 2.51. The second-order valence-corrected chi connectivity index (χ2v) is 3.30. The van der Waals surface area contributed by atoms with Crippen molar-refractivity contribution in [3.05, 3.63) is 36.0 Å². The largest absolute Gasteiger partial charge is 0.465 e. The molecule has 2 aromatic rings. The molecule has 1 aromatic heterocycles. The van der Waals surface area contributed by atoms with E-state index in [1.165, 1.54) is 0 Å². The van der Waals surface area contributed by atoms with E-state index in [1.54, 1.807) is 24.4 Å². The summed E-state index contributed by atoms with van der Waals surface area (Å²) in [5, 5.41) is 21.5. The highest BCUT2D eigenvalue weighted by Crippen LogP contribution is 2.20. The van der Waals surface area contributed by atoms with E-state index in [0.717, 1.165) is 16.3 Å². The van der Waals surface area contributed by atoms with Crippen LogP contribution in [0.15, 0.2) is 30.5 Å². The van der Waals surface area contributed by atoms with Crippen molar-refractivity contribution in [3.8, 4) is 0 Å². The van der Waals surface area contributed by atoms with Gasteiger partial charge in [0.25, 0.3) is 0 Å². The highest BCUT2D eigenvalue weighted by atomic mass is 16.4. The maximum Gasteiger partial charge on any atom is 0.410 e. The van der Waals surface area contributed by atoms with Gasteiger partial charge in [0, 0.05) is 11.6 Å². The average molecular weight is 218 g/mol. The summed E-state index contributed by atoms with van der Waals surface area (Å²) in [6.45, 7) is -0.0648. The topological polar surface area (TPSA) is 82.5 Å². The van der Waals surface area contributed by atoms with Crippen LogP contribution in [0.2, 0.25) is 0 Å². The number of anilines is 1. The fourth-order valence-electron chi connectivity index (χ4n) is 1.55. The third-order valence-electron chi connectivity index (χ3n) is 2.26. The first-order valence-electron chi connectivity index (χ1n) is 4.69. The van der Waals surface area contributed by atoms with Crippen LogP contribution in [0.3, 0.4) is 0 Å². The smallest absolute Gasteiger partial charge is 0.410 e.